The fraction of sp³-hybridized carbons (Fsp3) is 0.462. The maximum Gasteiger partial charge on any atom is 0.196 e. The van der Waals surface area contributed by atoms with Gasteiger partial charge in [-0.05, 0) is 36.1 Å². The van der Waals surface area contributed by atoms with E-state index in [9.17, 15) is 4.39 Å². The average molecular weight is 267 g/mol. The van der Waals surface area contributed by atoms with E-state index < -0.39 is 0 Å². The van der Waals surface area contributed by atoms with Crippen molar-refractivity contribution in [2.24, 2.45) is 10.7 Å². The number of nitrogens with zero attached hydrogens (tertiary/aromatic N) is 2. The first-order valence-electron chi connectivity index (χ1n) is 6.15. The lowest BCUT2D eigenvalue weighted by atomic mass is 10.2. The predicted molar refractivity (Wildman–Crippen MR) is 76.8 cm³/mol. The number of nitrogens with two attached hydrogens (primary N) is 1. The van der Waals surface area contributed by atoms with Crippen LogP contribution in [0.25, 0.3) is 0 Å². The zero-order chi connectivity index (χ0) is 13.0. The minimum absolute atomic E-state index is 0.242. The molecule has 1 aliphatic heterocycles. The number of thioether (sulfide) groups is 1. The van der Waals surface area contributed by atoms with Crippen LogP contribution in [0.3, 0.4) is 0 Å². The van der Waals surface area contributed by atoms with E-state index in [0.717, 1.165) is 23.6 Å². The van der Waals surface area contributed by atoms with Gasteiger partial charge < -0.3 is 10.6 Å². The van der Waals surface area contributed by atoms with Crippen molar-refractivity contribution >= 4 is 23.4 Å². The molecule has 2 N–H and O–H groups in total. The zero-order valence-corrected chi connectivity index (χ0v) is 11.3. The number of benzene rings is 1. The summed E-state index contributed by atoms with van der Waals surface area (Å²) in [7, 11) is 0. The van der Waals surface area contributed by atoms with Gasteiger partial charge in [-0.15, -0.1) is 0 Å². The Balaban J connectivity index is 2.10. The summed E-state index contributed by atoms with van der Waals surface area (Å²) in [4.78, 5) is 6.22. The standard InChI is InChI=1S/C13H18FN3S/c1-2-18-7-6-12-9-16-13(15)17(12)11-5-3-4-10(14)8-11/h3-5,8,12H,2,6-7,9H2,1H3,(H2,15,16). The summed E-state index contributed by atoms with van der Waals surface area (Å²) in [6, 6.07) is 6.78. The molecule has 0 spiro atoms. The first-order chi connectivity index (χ1) is 8.72. The van der Waals surface area contributed by atoms with Crippen LogP contribution in [0.1, 0.15) is 13.3 Å². The van der Waals surface area contributed by atoms with E-state index >= 15 is 0 Å². The summed E-state index contributed by atoms with van der Waals surface area (Å²) < 4.78 is 13.3. The average Bonchev–Trinajstić information content (AvgIpc) is 2.71. The first kappa shape index (κ1) is 13.2. The summed E-state index contributed by atoms with van der Waals surface area (Å²) in [6.45, 7) is 2.85. The number of anilines is 1. The van der Waals surface area contributed by atoms with E-state index in [4.69, 9.17) is 5.73 Å². The van der Waals surface area contributed by atoms with Gasteiger partial charge in [0, 0.05) is 5.69 Å². The highest BCUT2D eigenvalue weighted by Gasteiger charge is 2.27. The second-order valence-electron chi connectivity index (χ2n) is 4.19. The van der Waals surface area contributed by atoms with E-state index in [0.29, 0.717) is 12.5 Å². The quantitative estimate of drug-likeness (QED) is 0.833. The molecule has 3 nitrogen and oxygen atoms in total. The van der Waals surface area contributed by atoms with Crippen molar-refractivity contribution in [3.8, 4) is 0 Å². The van der Waals surface area contributed by atoms with Gasteiger partial charge in [0.2, 0.25) is 0 Å². The third-order valence-electron chi connectivity index (χ3n) is 2.96. The second kappa shape index (κ2) is 6.09. The Morgan fingerprint density at radius 2 is 2.39 bits per heavy atom. The Kier molecular flexibility index (Phi) is 4.47. The fourth-order valence-corrected chi connectivity index (χ4v) is 2.82. The Labute approximate surface area is 111 Å². The smallest absolute Gasteiger partial charge is 0.196 e. The molecule has 0 saturated carbocycles. The lowest BCUT2D eigenvalue weighted by Gasteiger charge is -2.26. The van der Waals surface area contributed by atoms with Gasteiger partial charge in [-0.1, -0.05) is 13.0 Å². The molecule has 0 bridgehead atoms. The van der Waals surface area contributed by atoms with Crippen LogP contribution in [0, 0.1) is 5.82 Å². The van der Waals surface area contributed by atoms with Crippen molar-refractivity contribution in [1.29, 1.82) is 0 Å². The summed E-state index contributed by atoms with van der Waals surface area (Å²) in [5, 5.41) is 0. The molecule has 98 valence electrons. The number of rotatable bonds is 5. The second-order valence-corrected chi connectivity index (χ2v) is 5.58. The monoisotopic (exact) mass is 267 g/mol. The molecule has 1 aromatic carbocycles. The van der Waals surface area contributed by atoms with Gasteiger partial charge in [0.05, 0.1) is 12.6 Å². The Bertz CT molecular complexity index is 436. The van der Waals surface area contributed by atoms with Crippen LogP contribution in [-0.2, 0) is 0 Å². The molecule has 1 unspecified atom stereocenters. The van der Waals surface area contributed by atoms with E-state index in [2.05, 4.69) is 11.9 Å². The predicted octanol–water partition coefficient (Wildman–Crippen LogP) is 2.47. The molecule has 0 radical (unpaired) electrons. The number of aliphatic imine (C=N–C) groups is 1. The normalized spacial score (nSPS) is 19.1. The van der Waals surface area contributed by atoms with Gasteiger partial charge >= 0.3 is 0 Å². The zero-order valence-electron chi connectivity index (χ0n) is 10.5. The van der Waals surface area contributed by atoms with Gasteiger partial charge in [-0.2, -0.15) is 11.8 Å². The largest absolute Gasteiger partial charge is 0.370 e. The third-order valence-corrected chi connectivity index (χ3v) is 3.89. The molecule has 18 heavy (non-hydrogen) atoms. The topological polar surface area (TPSA) is 41.6 Å². The first-order valence-corrected chi connectivity index (χ1v) is 7.30. The lowest BCUT2D eigenvalue weighted by Crippen LogP contribution is -2.41. The molecule has 0 aromatic heterocycles. The molecule has 1 aliphatic rings. The van der Waals surface area contributed by atoms with Gasteiger partial charge in [0.25, 0.3) is 0 Å². The van der Waals surface area contributed by atoms with Crippen LogP contribution in [0.5, 0.6) is 0 Å². The van der Waals surface area contributed by atoms with Crippen molar-refractivity contribution in [1.82, 2.24) is 0 Å². The highest BCUT2D eigenvalue weighted by molar-refractivity contribution is 7.99. The van der Waals surface area contributed by atoms with Crippen LogP contribution in [0.15, 0.2) is 29.3 Å². The molecular formula is C13H18FN3S. The molecule has 1 aromatic rings. The van der Waals surface area contributed by atoms with Crippen LogP contribution in [0.4, 0.5) is 10.1 Å². The lowest BCUT2D eigenvalue weighted by molar-refractivity contribution is 0.625. The highest BCUT2D eigenvalue weighted by Crippen LogP contribution is 2.24. The van der Waals surface area contributed by atoms with Gasteiger partial charge in [0.15, 0.2) is 5.96 Å². The minimum Gasteiger partial charge on any atom is -0.370 e. The number of guanidine groups is 1. The van der Waals surface area contributed by atoms with Crippen LogP contribution < -0.4 is 10.6 Å². The molecule has 5 heteroatoms. The van der Waals surface area contributed by atoms with Crippen molar-refractivity contribution < 1.29 is 4.39 Å². The van der Waals surface area contributed by atoms with E-state index in [1.54, 1.807) is 6.07 Å². The van der Waals surface area contributed by atoms with Crippen molar-refractivity contribution in [3.63, 3.8) is 0 Å². The summed E-state index contributed by atoms with van der Waals surface area (Å²) in [5.74, 6) is 2.44. The number of halogens is 1. The van der Waals surface area contributed by atoms with Crippen LogP contribution in [0.2, 0.25) is 0 Å². The maximum atomic E-state index is 13.3. The van der Waals surface area contributed by atoms with Gasteiger partial charge in [0.1, 0.15) is 5.82 Å². The van der Waals surface area contributed by atoms with E-state index in [-0.39, 0.29) is 11.9 Å². The fourth-order valence-electron chi connectivity index (χ4n) is 2.10. The molecule has 1 heterocycles. The van der Waals surface area contributed by atoms with Crippen molar-refractivity contribution in [2.45, 2.75) is 19.4 Å². The van der Waals surface area contributed by atoms with Gasteiger partial charge in [-0.25, -0.2) is 4.39 Å². The number of hydrogen-bond acceptors (Lipinski definition) is 4. The minimum atomic E-state index is -0.242. The highest BCUT2D eigenvalue weighted by atomic mass is 32.2. The molecule has 0 aliphatic carbocycles. The van der Waals surface area contributed by atoms with Crippen LogP contribution >= 0.6 is 11.8 Å². The summed E-state index contributed by atoms with van der Waals surface area (Å²) in [5.41, 5.74) is 6.69. The molecule has 0 saturated heterocycles. The van der Waals surface area contributed by atoms with Gasteiger partial charge in [-0.3, -0.25) is 4.99 Å². The van der Waals surface area contributed by atoms with Crippen LogP contribution in [-0.4, -0.2) is 30.1 Å². The molecular weight excluding hydrogens is 249 g/mol. The van der Waals surface area contributed by atoms with E-state index in [1.807, 2.05) is 22.7 Å². The van der Waals surface area contributed by atoms with E-state index in [1.165, 1.54) is 12.1 Å². The maximum absolute atomic E-state index is 13.3. The Morgan fingerprint density at radius 1 is 1.56 bits per heavy atom. The molecule has 0 amide bonds. The summed E-state index contributed by atoms with van der Waals surface area (Å²) in [6.07, 6.45) is 1.01. The van der Waals surface area contributed by atoms with Crippen molar-refractivity contribution in [2.75, 3.05) is 23.0 Å². The summed E-state index contributed by atoms with van der Waals surface area (Å²) >= 11 is 1.90. The molecule has 2 rings (SSSR count). The van der Waals surface area contributed by atoms with Crippen molar-refractivity contribution in [3.05, 3.63) is 30.1 Å². The SMILES string of the molecule is CCSCCC1CN=C(N)N1c1cccc(F)c1. The Hall–Kier alpha value is -1.23. The third kappa shape index (κ3) is 2.96. The Morgan fingerprint density at radius 3 is 3.11 bits per heavy atom. The number of hydrogen-bond donors (Lipinski definition) is 1. The molecule has 1 atom stereocenters. The molecule has 0 fully saturated rings.